The highest BCUT2D eigenvalue weighted by Crippen LogP contribution is 2.27. The molecule has 12 heavy (non-hydrogen) atoms. The van der Waals surface area contributed by atoms with Crippen molar-refractivity contribution in [3.8, 4) is 11.8 Å². The van der Waals surface area contributed by atoms with Gasteiger partial charge in [-0.3, -0.25) is 0 Å². The van der Waals surface area contributed by atoms with E-state index in [1.165, 1.54) is 0 Å². The second-order valence-electron chi connectivity index (χ2n) is 2.55. The van der Waals surface area contributed by atoms with E-state index in [4.69, 9.17) is 5.26 Å². The van der Waals surface area contributed by atoms with Crippen molar-refractivity contribution in [3.05, 3.63) is 28.2 Å². The van der Waals surface area contributed by atoms with Crippen LogP contribution in [-0.4, -0.2) is 5.11 Å². The number of phenols is 1. The van der Waals surface area contributed by atoms with Crippen molar-refractivity contribution in [2.75, 3.05) is 0 Å². The first kappa shape index (κ1) is 9.08. The van der Waals surface area contributed by atoms with Crippen molar-refractivity contribution in [1.82, 2.24) is 0 Å². The van der Waals surface area contributed by atoms with Crippen LogP contribution in [0.15, 0.2) is 22.7 Å². The fourth-order valence-corrected chi connectivity index (χ4v) is 1.32. The quantitative estimate of drug-likeness (QED) is 0.799. The Balaban J connectivity index is 3.15. The van der Waals surface area contributed by atoms with Gasteiger partial charge in [-0.2, -0.15) is 5.26 Å². The molecular formula is C9H8BrNO. The maximum absolute atomic E-state index is 9.36. The lowest BCUT2D eigenvalue weighted by molar-refractivity contribution is 0.467. The molecule has 0 aliphatic heterocycles. The Morgan fingerprint density at radius 2 is 2.25 bits per heavy atom. The lowest BCUT2D eigenvalue weighted by atomic mass is 10.0. The minimum absolute atomic E-state index is 0.173. The zero-order chi connectivity index (χ0) is 9.14. The van der Waals surface area contributed by atoms with Gasteiger partial charge >= 0.3 is 0 Å². The predicted molar refractivity (Wildman–Crippen MR) is 49.8 cm³/mol. The first-order valence-corrected chi connectivity index (χ1v) is 4.32. The molecule has 1 rings (SSSR count). The average Bonchev–Trinajstić information content (AvgIpc) is 2.08. The Morgan fingerprint density at radius 3 is 2.83 bits per heavy atom. The predicted octanol–water partition coefficient (Wildman–Crippen LogP) is 2.78. The van der Waals surface area contributed by atoms with Crippen LogP contribution in [0.25, 0.3) is 0 Å². The number of aromatic hydroxyl groups is 1. The highest BCUT2D eigenvalue weighted by Gasteiger charge is 2.08. The van der Waals surface area contributed by atoms with Crippen LogP contribution in [0.2, 0.25) is 0 Å². The van der Waals surface area contributed by atoms with Gasteiger partial charge in [0.2, 0.25) is 0 Å². The second kappa shape index (κ2) is 3.59. The number of nitriles is 1. The summed E-state index contributed by atoms with van der Waals surface area (Å²) in [5, 5.41) is 18.0. The maximum Gasteiger partial charge on any atom is 0.120 e. The van der Waals surface area contributed by atoms with Crippen molar-refractivity contribution in [1.29, 1.82) is 5.26 Å². The largest absolute Gasteiger partial charge is 0.508 e. The molecule has 0 spiro atoms. The minimum atomic E-state index is -0.275. The summed E-state index contributed by atoms with van der Waals surface area (Å²) < 4.78 is 0.873. The summed E-state index contributed by atoms with van der Waals surface area (Å²) in [6.45, 7) is 1.75. The number of halogens is 1. The second-order valence-corrected chi connectivity index (χ2v) is 3.47. The lowest BCUT2D eigenvalue weighted by Gasteiger charge is -2.05. The van der Waals surface area contributed by atoms with Crippen LogP contribution in [0.4, 0.5) is 0 Å². The van der Waals surface area contributed by atoms with Gasteiger partial charge in [-0.1, -0.05) is 15.9 Å². The van der Waals surface area contributed by atoms with Crippen LogP contribution in [-0.2, 0) is 0 Å². The molecule has 62 valence electrons. The van der Waals surface area contributed by atoms with Gasteiger partial charge in [0.15, 0.2) is 0 Å². The first-order valence-electron chi connectivity index (χ1n) is 3.53. The van der Waals surface area contributed by atoms with E-state index in [0.29, 0.717) is 5.56 Å². The summed E-state index contributed by atoms with van der Waals surface area (Å²) in [5.74, 6) is -0.102. The van der Waals surface area contributed by atoms with E-state index in [1.807, 2.05) is 0 Å². The standard InChI is InChI=1S/C9H8BrNO/c1-6(5-11)8-4-7(10)2-3-9(8)12/h2-4,6,12H,1H3. The summed E-state index contributed by atoms with van der Waals surface area (Å²) in [6, 6.07) is 7.14. The molecule has 0 radical (unpaired) electrons. The van der Waals surface area contributed by atoms with Crippen LogP contribution >= 0.6 is 15.9 Å². The molecule has 0 aliphatic rings. The number of hydrogen-bond donors (Lipinski definition) is 1. The SMILES string of the molecule is CC(C#N)c1cc(Br)ccc1O. The van der Waals surface area contributed by atoms with Gasteiger partial charge in [-0.15, -0.1) is 0 Å². The van der Waals surface area contributed by atoms with Gasteiger partial charge in [0, 0.05) is 10.0 Å². The molecule has 0 saturated heterocycles. The molecule has 1 atom stereocenters. The Bertz CT molecular complexity index is 330. The van der Waals surface area contributed by atoms with E-state index in [2.05, 4.69) is 22.0 Å². The minimum Gasteiger partial charge on any atom is -0.508 e. The molecule has 0 heterocycles. The van der Waals surface area contributed by atoms with Crippen molar-refractivity contribution in [2.24, 2.45) is 0 Å². The van der Waals surface area contributed by atoms with Gasteiger partial charge in [0.05, 0.1) is 12.0 Å². The van der Waals surface area contributed by atoms with Gasteiger partial charge in [-0.05, 0) is 25.1 Å². The highest BCUT2D eigenvalue weighted by molar-refractivity contribution is 9.10. The number of phenolic OH excluding ortho intramolecular Hbond substituents is 1. The Morgan fingerprint density at radius 1 is 1.58 bits per heavy atom. The van der Waals surface area contributed by atoms with Crippen molar-refractivity contribution in [2.45, 2.75) is 12.8 Å². The molecule has 0 bridgehead atoms. The van der Waals surface area contributed by atoms with Crippen molar-refractivity contribution < 1.29 is 5.11 Å². The van der Waals surface area contributed by atoms with E-state index in [1.54, 1.807) is 25.1 Å². The Kier molecular flexibility index (Phi) is 2.72. The van der Waals surface area contributed by atoms with Gasteiger partial charge in [0.25, 0.3) is 0 Å². The van der Waals surface area contributed by atoms with Crippen LogP contribution in [0.3, 0.4) is 0 Å². The van der Waals surface area contributed by atoms with Crippen LogP contribution in [0.1, 0.15) is 18.4 Å². The highest BCUT2D eigenvalue weighted by atomic mass is 79.9. The maximum atomic E-state index is 9.36. The third kappa shape index (κ3) is 1.77. The smallest absolute Gasteiger partial charge is 0.120 e. The van der Waals surface area contributed by atoms with Gasteiger partial charge < -0.3 is 5.11 Å². The van der Waals surface area contributed by atoms with E-state index >= 15 is 0 Å². The molecule has 0 fully saturated rings. The zero-order valence-corrected chi connectivity index (χ0v) is 8.17. The zero-order valence-electron chi connectivity index (χ0n) is 6.58. The van der Waals surface area contributed by atoms with E-state index in [0.717, 1.165) is 4.47 Å². The molecule has 0 saturated carbocycles. The number of benzene rings is 1. The molecule has 2 nitrogen and oxygen atoms in total. The van der Waals surface area contributed by atoms with E-state index < -0.39 is 0 Å². The number of rotatable bonds is 1. The molecule has 1 aromatic rings. The summed E-state index contributed by atoms with van der Waals surface area (Å²) >= 11 is 3.27. The summed E-state index contributed by atoms with van der Waals surface area (Å²) in [7, 11) is 0. The topological polar surface area (TPSA) is 44.0 Å². The average molecular weight is 226 g/mol. The number of hydrogen-bond acceptors (Lipinski definition) is 2. The fraction of sp³-hybridized carbons (Fsp3) is 0.222. The molecule has 0 amide bonds. The van der Waals surface area contributed by atoms with Crippen molar-refractivity contribution in [3.63, 3.8) is 0 Å². The van der Waals surface area contributed by atoms with Crippen LogP contribution in [0, 0.1) is 11.3 Å². The monoisotopic (exact) mass is 225 g/mol. The van der Waals surface area contributed by atoms with E-state index in [9.17, 15) is 5.11 Å². The van der Waals surface area contributed by atoms with Gasteiger partial charge in [0.1, 0.15) is 5.75 Å². The Hall–Kier alpha value is -1.01. The number of nitrogens with zero attached hydrogens (tertiary/aromatic N) is 1. The lowest BCUT2D eigenvalue weighted by Crippen LogP contribution is -1.89. The van der Waals surface area contributed by atoms with Crippen LogP contribution < -0.4 is 0 Å². The molecule has 1 aromatic carbocycles. The Labute approximate surface area is 79.6 Å². The molecule has 1 unspecified atom stereocenters. The molecule has 3 heteroatoms. The van der Waals surface area contributed by atoms with Gasteiger partial charge in [-0.25, -0.2) is 0 Å². The van der Waals surface area contributed by atoms with Crippen molar-refractivity contribution >= 4 is 15.9 Å². The third-order valence-electron chi connectivity index (χ3n) is 1.65. The summed E-state index contributed by atoms with van der Waals surface area (Å²) in [6.07, 6.45) is 0. The molecule has 0 aliphatic carbocycles. The normalized spacial score (nSPS) is 12.1. The molecule has 0 aromatic heterocycles. The van der Waals surface area contributed by atoms with E-state index in [-0.39, 0.29) is 11.7 Å². The summed E-state index contributed by atoms with van der Waals surface area (Å²) in [4.78, 5) is 0. The molecular weight excluding hydrogens is 218 g/mol. The first-order chi connectivity index (χ1) is 5.65. The molecule has 1 N–H and O–H groups in total. The third-order valence-corrected chi connectivity index (χ3v) is 2.14. The summed E-state index contributed by atoms with van der Waals surface area (Å²) in [5.41, 5.74) is 0.659. The van der Waals surface area contributed by atoms with Crippen LogP contribution in [0.5, 0.6) is 5.75 Å². The fourth-order valence-electron chi connectivity index (χ4n) is 0.942.